The molecule has 0 aliphatic heterocycles. The fourth-order valence-electron chi connectivity index (χ4n) is 4.83. The second-order valence-corrected chi connectivity index (χ2v) is 11.7. The summed E-state index contributed by atoms with van der Waals surface area (Å²) in [7, 11) is -0.876. The smallest absolute Gasteiger partial charge is 0.243 e. The van der Waals surface area contributed by atoms with E-state index in [0.717, 1.165) is 34.2 Å². The molecule has 3 aromatic carbocycles. The van der Waals surface area contributed by atoms with Crippen molar-refractivity contribution in [2.75, 3.05) is 27.3 Å². The first-order chi connectivity index (χ1) is 19.3. The summed E-state index contributed by atoms with van der Waals surface area (Å²) in [4.78, 5) is 18.7. The number of amides is 1. The van der Waals surface area contributed by atoms with Gasteiger partial charge in [0.15, 0.2) is 11.5 Å². The minimum Gasteiger partial charge on any atom is -0.493 e. The van der Waals surface area contributed by atoms with E-state index in [1.807, 2.05) is 42.6 Å². The van der Waals surface area contributed by atoms with Crippen LogP contribution in [0, 0.1) is 5.82 Å². The van der Waals surface area contributed by atoms with E-state index in [9.17, 15) is 17.6 Å². The van der Waals surface area contributed by atoms with Crippen LogP contribution in [0.1, 0.15) is 24.0 Å². The molecule has 1 saturated carbocycles. The van der Waals surface area contributed by atoms with Crippen LogP contribution >= 0.6 is 0 Å². The first-order valence-electron chi connectivity index (χ1n) is 13.1. The molecule has 0 radical (unpaired) electrons. The van der Waals surface area contributed by atoms with Gasteiger partial charge in [0, 0.05) is 36.2 Å². The summed E-state index contributed by atoms with van der Waals surface area (Å²) in [6, 6.07) is 17.9. The molecule has 1 aliphatic carbocycles. The highest BCUT2D eigenvalue weighted by atomic mass is 32.2. The third-order valence-corrected chi connectivity index (χ3v) is 9.08. The van der Waals surface area contributed by atoms with Crippen LogP contribution < -0.4 is 9.47 Å². The molecule has 0 saturated heterocycles. The number of sulfonamides is 1. The molecule has 1 N–H and O–H groups in total. The number of nitrogens with one attached hydrogen (secondary N) is 1. The van der Waals surface area contributed by atoms with Gasteiger partial charge >= 0.3 is 0 Å². The van der Waals surface area contributed by atoms with Crippen LogP contribution in [-0.2, 0) is 27.8 Å². The topological polar surface area (TPSA) is 91.9 Å². The lowest BCUT2D eigenvalue weighted by molar-refractivity contribution is -0.132. The molecule has 0 unspecified atom stereocenters. The normalized spacial score (nSPS) is 13.5. The van der Waals surface area contributed by atoms with E-state index in [-0.39, 0.29) is 29.9 Å². The Morgan fingerprint density at radius 2 is 1.73 bits per heavy atom. The molecular weight excluding hydrogens is 533 g/mol. The van der Waals surface area contributed by atoms with Crippen molar-refractivity contribution in [1.29, 1.82) is 0 Å². The van der Waals surface area contributed by atoms with Gasteiger partial charge in [0.1, 0.15) is 5.82 Å². The van der Waals surface area contributed by atoms with Gasteiger partial charge in [0.2, 0.25) is 15.9 Å². The Kier molecular flexibility index (Phi) is 8.09. The first-order valence-corrected chi connectivity index (χ1v) is 14.5. The number of nitrogens with zero attached hydrogens (tertiary/aromatic N) is 2. The van der Waals surface area contributed by atoms with E-state index >= 15 is 0 Å². The van der Waals surface area contributed by atoms with E-state index < -0.39 is 15.8 Å². The molecule has 5 rings (SSSR count). The van der Waals surface area contributed by atoms with Crippen LogP contribution in [0.25, 0.3) is 10.9 Å². The predicted molar refractivity (Wildman–Crippen MR) is 150 cm³/mol. The molecule has 1 aromatic heterocycles. The highest BCUT2D eigenvalue weighted by Gasteiger charge is 2.40. The monoisotopic (exact) mass is 565 g/mol. The first kappa shape index (κ1) is 27.7. The summed E-state index contributed by atoms with van der Waals surface area (Å²) in [6.07, 6.45) is 3.88. The maximum Gasteiger partial charge on any atom is 0.243 e. The molecule has 1 fully saturated rings. The number of carbonyl (C=O) groups excluding carboxylic acids is 1. The van der Waals surface area contributed by atoms with Gasteiger partial charge in [-0.2, -0.15) is 4.31 Å². The zero-order chi connectivity index (χ0) is 28.3. The Morgan fingerprint density at radius 3 is 2.42 bits per heavy atom. The Labute approximate surface area is 233 Å². The van der Waals surface area contributed by atoms with Crippen LogP contribution in [0.5, 0.6) is 11.5 Å². The number of benzene rings is 3. The number of H-pyrrole nitrogens is 1. The predicted octanol–water partition coefficient (Wildman–Crippen LogP) is 4.75. The van der Waals surface area contributed by atoms with Crippen molar-refractivity contribution in [2.24, 2.45) is 0 Å². The van der Waals surface area contributed by atoms with Gasteiger partial charge in [0.25, 0.3) is 0 Å². The van der Waals surface area contributed by atoms with Gasteiger partial charge < -0.3 is 19.4 Å². The SMILES string of the molecule is COc1ccc(CN(CCc2c[nH]c3ccccc23)C(=O)CN(C2CC2)S(=O)(=O)c2ccc(F)cc2)cc1OC. The van der Waals surface area contributed by atoms with Gasteiger partial charge in [0.05, 0.1) is 25.7 Å². The Morgan fingerprint density at radius 1 is 1.00 bits per heavy atom. The number of methoxy groups -OCH3 is 2. The number of hydrogen-bond donors (Lipinski definition) is 1. The lowest BCUT2D eigenvalue weighted by Gasteiger charge is -2.28. The average Bonchev–Trinajstić information content (AvgIpc) is 3.72. The fraction of sp³-hybridized carbons (Fsp3) is 0.300. The van der Waals surface area contributed by atoms with E-state index in [0.29, 0.717) is 37.3 Å². The highest BCUT2D eigenvalue weighted by molar-refractivity contribution is 7.89. The molecule has 10 heteroatoms. The molecular formula is C30H32FN3O5S. The number of rotatable bonds is 12. The number of halogens is 1. The number of hydrogen-bond acceptors (Lipinski definition) is 5. The van der Waals surface area contributed by atoms with Gasteiger partial charge in [-0.1, -0.05) is 24.3 Å². The van der Waals surface area contributed by atoms with Crippen molar-refractivity contribution in [3.05, 3.63) is 89.9 Å². The Hall–Kier alpha value is -3.89. The standard InChI is InChI=1S/C30H32FN3O5S/c1-38-28-14-7-21(17-29(28)39-2)19-33(16-15-22-18-32-27-6-4-3-5-26(22)27)30(35)20-34(24-10-11-24)40(36,37)25-12-8-23(31)9-13-25/h3-9,12-14,17-18,24,32H,10-11,15-16,19-20H2,1-2H3. The Bertz CT molecular complexity index is 1600. The molecule has 8 nitrogen and oxygen atoms in total. The van der Waals surface area contributed by atoms with Crippen LogP contribution in [0.4, 0.5) is 4.39 Å². The van der Waals surface area contributed by atoms with Gasteiger partial charge in [-0.05, 0) is 72.9 Å². The third-order valence-electron chi connectivity index (χ3n) is 7.17. The molecule has 210 valence electrons. The van der Waals surface area contributed by atoms with E-state index in [4.69, 9.17) is 9.47 Å². The van der Waals surface area contributed by atoms with Crippen molar-refractivity contribution in [3.8, 4) is 11.5 Å². The van der Waals surface area contributed by atoms with Crippen molar-refractivity contribution in [1.82, 2.24) is 14.2 Å². The minimum absolute atomic E-state index is 0.0289. The van der Waals surface area contributed by atoms with Crippen molar-refractivity contribution in [3.63, 3.8) is 0 Å². The number of ether oxygens (including phenoxy) is 2. The highest BCUT2D eigenvalue weighted by Crippen LogP contribution is 2.33. The minimum atomic E-state index is -3.99. The molecule has 40 heavy (non-hydrogen) atoms. The van der Waals surface area contributed by atoms with Crippen LogP contribution in [-0.4, -0.2) is 61.9 Å². The van der Waals surface area contributed by atoms with Crippen molar-refractivity contribution < 1.29 is 27.1 Å². The summed E-state index contributed by atoms with van der Waals surface area (Å²) in [6.45, 7) is 0.340. The summed E-state index contributed by atoms with van der Waals surface area (Å²) in [5, 5.41) is 1.08. The van der Waals surface area contributed by atoms with Crippen LogP contribution in [0.15, 0.2) is 77.8 Å². The van der Waals surface area contributed by atoms with Crippen LogP contribution in [0.3, 0.4) is 0 Å². The number of fused-ring (bicyclic) bond motifs is 1. The van der Waals surface area contributed by atoms with Gasteiger partial charge in [-0.3, -0.25) is 4.79 Å². The maximum atomic E-state index is 13.8. The maximum absolute atomic E-state index is 13.8. The lowest BCUT2D eigenvalue weighted by Crippen LogP contribution is -2.44. The number of carbonyl (C=O) groups is 1. The number of aromatic nitrogens is 1. The summed E-state index contributed by atoms with van der Waals surface area (Å²) in [5.41, 5.74) is 2.91. The number of aromatic amines is 1. The summed E-state index contributed by atoms with van der Waals surface area (Å²) < 4.78 is 52.5. The fourth-order valence-corrected chi connectivity index (χ4v) is 6.47. The van der Waals surface area contributed by atoms with E-state index in [1.165, 1.54) is 16.4 Å². The molecule has 0 atom stereocenters. The largest absolute Gasteiger partial charge is 0.493 e. The zero-order valence-electron chi connectivity index (χ0n) is 22.5. The quantitative estimate of drug-likeness (QED) is 0.268. The van der Waals surface area contributed by atoms with Gasteiger partial charge in [-0.15, -0.1) is 0 Å². The van der Waals surface area contributed by atoms with E-state index in [1.54, 1.807) is 25.2 Å². The van der Waals surface area contributed by atoms with Gasteiger partial charge in [-0.25, -0.2) is 12.8 Å². The molecule has 0 bridgehead atoms. The van der Waals surface area contributed by atoms with E-state index in [2.05, 4.69) is 4.98 Å². The summed E-state index contributed by atoms with van der Waals surface area (Å²) in [5.74, 6) is 0.286. The van der Waals surface area contributed by atoms with Crippen molar-refractivity contribution in [2.45, 2.75) is 36.7 Å². The number of para-hydroxylation sites is 1. The lowest BCUT2D eigenvalue weighted by atomic mass is 10.1. The average molecular weight is 566 g/mol. The molecule has 1 amide bonds. The van der Waals surface area contributed by atoms with Crippen LogP contribution in [0.2, 0.25) is 0 Å². The molecule has 4 aromatic rings. The third kappa shape index (κ3) is 5.97. The molecule has 1 heterocycles. The molecule has 1 aliphatic rings. The molecule has 0 spiro atoms. The second kappa shape index (κ2) is 11.7. The summed E-state index contributed by atoms with van der Waals surface area (Å²) >= 11 is 0. The Balaban J connectivity index is 1.41. The van der Waals surface area contributed by atoms with Crippen molar-refractivity contribution >= 4 is 26.8 Å². The zero-order valence-corrected chi connectivity index (χ0v) is 23.3. The second-order valence-electron chi connectivity index (χ2n) is 9.85.